The highest BCUT2D eigenvalue weighted by atomic mass is 16.3. The van der Waals surface area contributed by atoms with Crippen molar-refractivity contribution in [1.82, 2.24) is 19.2 Å². The highest BCUT2D eigenvalue weighted by Crippen LogP contribution is 2.23. The molecule has 1 aliphatic rings. The van der Waals surface area contributed by atoms with Gasteiger partial charge in [-0.3, -0.25) is 9.58 Å². The van der Waals surface area contributed by atoms with E-state index < -0.39 is 0 Å². The summed E-state index contributed by atoms with van der Waals surface area (Å²) in [5.41, 5.74) is 6.87. The van der Waals surface area contributed by atoms with Gasteiger partial charge in [-0.1, -0.05) is 13.0 Å². The first-order valence-corrected chi connectivity index (χ1v) is 12.0. The average Bonchev–Trinajstić information content (AvgIpc) is 3.36. The standard InChI is InChI=1S/C27H36N6O/c1-7-18(3)26(29-23-9-10-25-21(11-23)12-28-31(25)6)30-27(19(4)8-2)33-13-20(5)22(15-33)14-32-16-24(34)17-32/h8-13,15,24,29,34H,7,14,16-17H2,1-6H3/b19-8-,26-18+,30-27+. The molecule has 1 saturated heterocycles. The molecule has 0 amide bonds. The molecule has 1 aromatic carbocycles. The highest BCUT2D eigenvalue weighted by molar-refractivity contribution is 6.00. The summed E-state index contributed by atoms with van der Waals surface area (Å²) in [6, 6.07) is 6.27. The summed E-state index contributed by atoms with van der Waals surface area (Å²) >= 11 is 0. The Hall–Kier alpha value is -3.16. The maximum absolute atomic E-state index is 9.63. The predicted molar refractivity (Wildman–Crippen MR) is 140 cm³/mol. The number of allylic oxidation sites excluding steroid dienone is 3. The Bertz CT molecular complexity index is 1270. The van der Waals surface area contributed by atoms with Crippen LogP contribution in [0.15, 0.2) is 64.8 Å². The zero-order chi connectivity index (χ0) is 24.4. The number of anilines is 1. The second-order valence-electron chi connectivity index (χ2n) is 9.28. The molecular weight excluding hydrogens is 424 g/mol. The van der Waals surface area contributed by atoms with Crippen LogP contribution < -0.4 is 5.32 Å². The van der Waals surface area contributed by atoms with E-state index in [0.29, 0.717) is 0 Å². The Balaban J connectivity index is 1.68. The number of likely N-dealkylation sites (tertiary alicyclic amines) is 1. The van der Waals surface area contributed by atoms with Gasteiger partial charge in [-0.2, -0.15) is 5.10 Å². The first kappa shape index (κ1) is 24.0. The number of aryl methyl sites for hydroxylation is 2. The van der Waals surface area contributed by atoms with Gasteiger partial charge in [0.15, 0.2) is 0 Å². The maximum atomic E-state index is 9.63. The Kier molecular flexibility index (Phi) is 7.05. The zero-order valence-corrected chi connectivity index (χ0v) is 21.1. The number of hydrogen-bond donors (Lipinski definition) is 2. The third-order valence-corrected chi connectivity index (χ3v) is 6.66. The van der Waals surface area contributed by atoms with Gasteiger partial charge in [0.25, 0.3) is 0 Å². The lowest BCUT2D eigenvalue weighted by atomic mass is 10.1. The summed E-state index contributed by atoms with van der Waals surface area (Å²) in [6.45, 7) is 12.9. The summed E-state index contributed by atoms with van der Waals surface area (Å²) in [4.78, 5) is 7.42. The van der Waals surface area contributed by atoms with Crippen LogP contribution in [0, 0.1) is 6.92 Å². The summed E-state index contributed by atoms with van der Waals surface area (Å²) in [7, 11) is 1.95. The summed E-state index contributed by atoms with van der Waals surface area (Å²) in [5, 5.41) is 18.6. The van der Waals surface area contributed by atoms with E-state index in [1.54, 1.807) is 0 Å². The topological polar surface area (TPSA) is 70.6 Å². The third kappa shape index (κ3) is 5.00. The van der Waals surface area contributed by atoms with Gasteiger partial charge in [-0.25, -0.2) is 4.99 Å². The van der Waals surface area contributed by atoms with Gasteiger partial charge >= 0.3 is 0 Å². The number of aromatic nitrogens is 3. The van der Waals surface area contributed by atoms with Gasteiger partial charge in [-0.15, -0.1) is 0 Å². The van der Waals surface area contributed by atoms with Crippen LogP contribution >= 0.6 is 0 Å². The molecular formula is C27H36N6O. The number of nitrogens with one attached hydrogen (secondary N) is 1. The van der Waals surface area contributed by atoms with Gasteiger partial charge < -0.3 is 15.0 Å². The molecule has 0 aliphatic carbocycles. The fourth-order valence-electron chi connectivity index (χ4n) is 4.16. The molecule has 0 atom stereocenters. The molecule has 1 fully saturated rings. The molecule has 2 aromatic heterocycles. The highest BCUT2D eigenvalue weighted by Gasteiger charge is 2.25. The molecule has 0 radical (unpaired) electrons. The van der Waals surface area contributed by atoms with Gasteiger partial charge in [-0.05, 0) is 74.6 Å². The Labute approximate surface area is 202 Å². The number of aliphatic imine (C=N–C) groups is 1. The number of hydrogen-bond acceptors (Lipinski definition) is 5. The minimum Gasteiger partial charge on any atom is -0.390 e. The molecule has 1 aliphatic heterocycles. The Morgan fingerprint density at radius 3 is 2.71 bits per heavy atom. The van der Waals surface area contributed by atoms with Gasteiger partial charge in [0.05, 0.1) is 17.8 Å². The van der Waals surface area contributed by atoms with Gasteiger partial charge in [0.1, 0.15) is 11.7 Å². The van der Waals surface area contributed by atoms with Crippen LogP contribution in [0.4, 0.5) is 5.69 Å². The smallest absolute Gasteiger partial charge is 0.141 e. The van der Waals surface area contributed by atoms with Crippen LogP contribution in [-0.4, -0.2) is 49.4 Å². The largest absolute Gasteiger partial charge is 0.390 e. The van der Waals surface area contributed by atoms with Crippen LogP contribution in [0.1, 0.15) is 45.2 Å². The molecule has 7 heteroatoms. The molecule has 0 saturated carbocycles. The van der Waals surface area contributed by atoms with Crippen molar-refractivity contribution in [3.63, 3.8) is 0 Å². The fourth-order valence-corrected chi connectivity index (χ4v) is 4.16. The minimum absolute atomic E-state index is 0.188. The molecule has 2 N–H and O–H groups in total. The third-order valence-electron chi connectivity index (χ3n) is 6.66. The molecule has 4 rings (SSSR count). The van der Waals surface area contributed by atoms with Crippen LogP contribution in [-0.2, 0) is 13.6 Å². The fraction of sp³-hybridized carbons (Fsp3) is 0.407. The van der Waals surface area contributed by atoms with Crippen molar-refractivity contribution in [2.75, 3.05) is 18.4 Å². The SMILES string of the molecule is C\C=C(C)/C(=N\C(Nc1ccc2c(cnn2C)c1)=C(/C)CC)n1cc(C)c(CN2CC(O)C2)c1. The maximum Gasteiger partial charge on any atom is 0.141 e. The Morgan fingerprint density at radius 1 is 1.26 bits per heavy atom. The number of nitrogens with zero attached hydrogens (tertiary/aromatic N) is 5. The van der Waals surface area contributed by atoms with Crippen molar-refractivity contribution in [2.45, 2.75) is 53.7 Å². The van der Waals surface area contributed by atoms with E-state index in [4.69, 9.17) is 4.99 Å². The normalized spacial score (nSPS) is 16.7. The minimum atomic E-state index is -0.188. The zero-order valence-electron chi connectivity index (χ0n) is 21.1. The van der Waals surface area contributed by atoms with E-state index in [1.165, 1.54) is 16.7 Å². The molecule has 7 nitrogen and oxygen atoms in total. The molecule has 180 valence electrons. The summed E-state index contributed by atoms with van der Waals surface area (Å²) in [6.07, 6.45) is 9.02. The van der Waals surface area contributed by atoms with Crippen LogP contribution in [0.3, 0.4) is 0 Å². The van der Waals surface area contributed by atoms with Crippen LogP contribution in [0.25, 0.3) is 10.9 Å². The van der Waals surface area contributed by atoms with Crippen molar-refractivity contribution in [1.29, 1.82) is 0 Å². The van der Waals surface area contributed by atoms with Crippen molar-refractivity contribution < 1.29 is 5.11 Å². The molecule has 0 unspecified atom stereocenters. The number of rotatable bonds is 7. The van der Waals surface area contributed by atoms with E-state index in [1.807, 2.05) is 24.9 Å². The molecule has 34 heavy (non-hydrogen) atoms. The Morgan fingerprint density at radius 2 is 2.03 bits per heavy atom. The van der Waals surface area contributed by atoms with Gasteiger partial charge in [0.2, 0.25) is 0 Å². The van der Waals surface area contributed by atoms with Crippen LogP contribution in [0.2, 0.25) is 0 Å². The molecule has 0 spiro atoms. The quantitative estimate of drug-likeness (QED) is 0.392. The lowest BCUT2D eigenvalue weighted by Gasteiger charge is -2.35. The van der Waals surface area contributed by atoms with E-state index in [9.17, 15) is 5.11 Å². The van der Waals surface area contributed by atoms with Crippen molar-refractivity contribution in [2.24, 2.45) is 12.0 Å². The lowest BCUT2D eigenvalue weighted by molar-refractivity contribution is -0.00294. The first-order valence-electron chi connectivity index (χ1n) is 12.0. The van der Waals surface area contributed by atoms with Gasteiger partial charge in [0, 0.05) is 50.1 Å². The van der Waals surface area contributed by atoms with E-state index >= 15 is 0 Å². The lowest BCUT2D eigenvalue weighted by Crippen LogP contribution is -2.49. The second kappa shape index (κ2) is 9.99. The monoisotopic (exact) mass is 460 g/mol. The molecule has 3 aromatic rings. The molecule has 3 heterocycles. The van der Waals surface area contributed by atoms with Crippen molar-refractivity contribution in [3.8, 4) is 0 Å². The van der Waals surface area contributed by atoms with E-state index in [0.717, 1.165) is 59.9 Å². The van der Waals surface area contributed by atoms with Crippen molar-refractivity contribution >= 4 is 22.4 Å². The number of β-amino-alcohol motifs (C(OH)–C–C–N with tert-alkyl or cyclic N) is 1. The predicted octanol–water partition coefficient (Wildman–Crippen LogP) is 4.83. The van der Waals surface area contributed by atoms with E-state index in [2.05, 4.69) is 84.2 Å². The molecule has 0 bridgehead atoms. The number of aliphatic hydroxyl groups excluding tert-OH is 1. The van der Waals surface area contributed by atoms with Crippen molar-refractivity contribution in [3.05, 3.63) is 71.0 Å². The van der Waals surface area contributed by atoms with E-state index in [-0.39, 0.29) is 6.10 Å². The number of aliphatic hydroxyl groups is 1. The van der Waals surface area contributed by atoms with Crippen LogP contribution in [0.5, 0.6) is 0 Å². The first-order chi connectivity index (χ1) is 16.3. The summed E-state index contributed by atoms with van der Waals surface area (Å²) in [5.74, 6) is 1.76. The number of fused-ring (bicyclic) bond motifs is 1. The summed E-state index contributed by atoms with van der Waals surface area (Å²) < 4.78 is 4.01. The number of benzene rings is 1. The average molecular weight is 461 g/mol. The second-order valence-corrected chi connectivity index (χ2v) is 9.28.